The number of amides is 1. The summed E-state index contributed by atoms with van der Waals surface area (Å²) in [6.07, 6.45) is -0.0660. The Morgan fingerprint density at radius 1 is 1.08 bits per heavy atom. The van der Waals surface area contributed by atoms with Crippen LogP contribution in [0.3, 0.4) is 0 Å². The zero-order valence-electron chi connectivity index (χ0n) is 14.8. The van der Waals surface area contributed by atoms with Crippen LogP contribution in [0.2, 0.25) is 0 Å². The van der Waals surface area contributed by atoms with Crippen LogP contribution in [0, 0.1) is 11.6 Å². The number of halogens is 2. The summed E-state index contributed by atoms with van der Waals surface area (Å²) >= 11 is 0. The highest BCUT2D eigenvalue weighted by Crippen LogP contribution is 2.17. The van der Waals surface area contributed by atoms with Crippen molar-refractivity contribution in [1.82, 2.24) is 15.1 Å². The molecule has 0 N–H and O–H groups in total. The SMILES string of the molecule is CN(C)c1ccc(N2CCN(C(=O)Cc3ccc(F)cc3F)CC2)nn1. The summed E-state index contributed by atoms with van der Waals surface area (Å²) < 4.78 is 26.7. The number of anilines is 2. The van der Waals surface area contributed by atoms with Crippen molar-refractivity contribution in [3.8, 4) is 0 Å². The minimum Gasteiger partial charge on any atom is -0.361 e. The molecule has 2 aromatic rings. The van der Waals surface area contributed by atoms with Crippen molar-refractivity contribution in [2.75, 3.05) is 50.1 Å². The summed E-state index contributed by atoms with van der Waals surface area (Å²) in [4.78, 5) is 18.0. The normalized spacial score (nSPS) is 14.5. The molecule has 1 aromatic heterocycles. The van der Waals surface area contributed by atoms with E-state index in [1.165, 1.54) is 12.1 Å². The van der Waals surface area contributed by atoms with Gasteiger partial charge in [0.25, 0.3) is 0 Å². The van der Waals surface area contributed by atoms with Gasteiger partial charge in [0.2, 0.25) is 5.91 Å². The minimum absolute atomic E-state index is 0.0660. The second kappa shape index (κ2) is 7.63. The molecule has 0 radical (unpaired) electrons. The lowest BCUT2D eigenvalue weighted by molar-refractivity contribution is -0.130. The lowest BCUT2D eigenvalue weighted by atomic mass is 10.1. The Bertz CT molecular complexity index is 774. The molecule has 0 unspecified atom stereocenters. The molecule has 1 aliphatic rings. The molecule has 138 valence electrons. The molecular formula is C18H21F2N5O. The predicted octanol–water partition coefficient (Wildman–Crippen LogP) is 1.71. The molecule has 1 aromatic carbocycles. The quantitative estimate of drug-likeness (QED) is 0.830. The number of piperazine rings is 1. The van der Waals surface area contributed by atoms with Crippen molar-refractivity contribution in [3.63, 3.8) is 0 Å². The molecule has 26 heavy (non-hydrogen) atoms. The third-order valence-corrected chi connectivity index (χ3v) is 4.41. The monoisotopic (exact) mass is 361 g/mol. The van der Waals surface area contributed by atoms with Gasteiger partial charge in [-0.05, 0) is 23.8 Å². The Balaban J connectivity index is 1.56. The molecular weight excluding hydrogens is 340 g/mol. The highest BCUT2D eigenvalue weighted by Gasteiger charge is 2.23. The molecule has 1 saturated heterocycles. The van der Waals surface area contributed by atoms with Gasteiger partial charge in [0.05, 0.1) is 6.42 Å². The Hall–Kier alpha value is -2.77. The zero-order chi connectivity index (χ0) is 18.7. The van der Waals surface area contributed by atoms with Crippen LogP contribution in [0.5, 0.6) is 0 Å². The molecule has 3 rings (SSSR count). The lowest BCUT2D eigenvalue weighted by Gasteiger charge is -2.35. The molecule has 2 heterocycles. The second-order valence-electron chi connectivity index (χ2n) is 6.42. The second-order valence-corrected chi connectivity index (χ2v) is 6.42. The third-order valence-electron chi connectivity index (χ3n) is 4.41. The standard InChI is InChI=1S/C18H21F2N5O/c1-23(2)16-5-6-17(22-21-16)24-7-9-25(10-8-24)18(26)11-13-3-4-14(19)12-15(13)20/h3-6,12H,7-11H2,1-2H3. The molecule has 0 spiro atoms. The van der Waals surface area contributed by atoms with E-state index >= 15 is 0 Å². The van der Waals surface area contributed by atoms with Crippen LogP contribution in [0.25, 0.3) is 0 Å². The van der Waals surface area contributed by atoms with E-state index < -0.39 is 11.6 Å². The van der Waals surface area contributed by atoms with E-state index in [0.717, 1.165) is 17.7 Å². The average Bonchev–Trinajstić information content (AvgIpc) is 2.64. The van der Waals surface area contributed by atoms with Gasteiger partial charge in [-0.3, -0.25) is 4.79 Å². The van der Waals surface area contributed by atoms with Crippen molar-refractivity contribution in [2.24, 2.45) is 0 Å². The fourth-order valence-electron chi connectivity index (χ4n) is 2.85. The van der Waals surface area contributed by atoms with Gasteiger partial charge < -0.3 is 14.7 Å². The summed E-state index contributed by atoms with van der Waals surface area (Å²) in [5.74, 6) is 0.0577. The minimum atomic E-state index is -0.687. The van der Waals surface area contributed by atoms with Crippen LogP contribution in [0.4, 0.5) is 20.4 Å². The summed E-state index contributed by atoms with van der Waals surface area (Å²) in [6, 6.07) is 7.10. The summed E-state index contributed by atoms with van der Waals surface area (Å²) in [6.45, 7) is 2.32. The van der Waals surface area contributed by atoms with Crippen LogP contribution in [-0.4, -0.2) is 61.3 Å². The smallest absolute Gasteiger partial charge is 0.227 e. The molecule has 0 saturated carbocycles. The largest absolute Gasteiger partial charge is 0.361 e. The van der Waals surface area contributed by atoms with Gasteiger partial charge in [-0.1, -0.05) is 6.07 Å². The number of hydrogen-bond acceptors (Lipinski definition) is 5. The average molecular weight is 361 g/mol. The van der Waals surface area contributed by atoms with Crippen molar-refractivity contribution in [3.05, 3.63) is 47.5 Å². The van der Waals surface area contributed by atoms with E-state index in [0.29, 0.717) is 26.2 Å². The van der Waals surface area contributed by atoms with Crippen LogP contribution < -0.4 is 9.80 Å². The Kier molecular flexibility index (Phi) is 5.29. The Morgan fingerprint density at radius 2 is 1.81 bits per heavy atom. The van der Waals surface area contributed by atoms with E-state index in [1.54, 1.807) is 4.90 Å². The van der Waals surface area contributed by atoms with Gasteiger partial charge in [0.15, 0.2) is 11.6 Å². The van der Waals surface area contributed by atoms with E-state index in [-0.39, 0.29) is 17.9 Å². The summed E-state index contributed by atoms with van der Waals surface area (Å²) in [5.41, 5.74) is 0.212. The molecule has 1 aliphatic heterocycles. The molecule has 1 amide bonds. The van der Waals surface area contributed by atoms with Crippen molar-refractivity contribution in [1.29, 1.82) is 0 Å². The number of carbonyl (C=O) groups is 1. The predicted molar refractivity (Wildman–Crippen MR) is 95.2 cm³/mol. The number of aromatic nitrogens is 2. The molecule has 1 fully saturated rings. The van der Waals surface area contributed by atoms with E-state index in [1.807, 2.05) is 31.1 Å². The fraction of sp³-hybridized carbons (Fsp3) is 0.389. The van der Waals surface area contributed by atoms with Crippen LogP contribution in [0.15, 0.2) is 30.3 Å². The first-order chi connectivity index (χ1) is 12.4. The van der Waals surface area contributed by atoms with Crippen molar-refractivity contribution >= 4 is 17.5 Å². The van der Waals surface area contributed by atoms with Gasteiger partial charge in [-0.15, -0.1) is 10.2 Å². The van der Waals surface area contributed by atoms with Gasteiger partial charge in [-0.2, -0.15) is 0 Å². The molecule has 0 bridgehead atoms. The topological polar surface area (TPSA) is 52.6 Å². The van der Waals surface area contributed by atoms with Crippen LogP contribution >= 0.6 is 0 Å². The molecule has 0 atom stereocenters. The number of benzene rings is 1. The maximum Gasteiger partial charge on any atom is 0.227 e. The molecule has 8 heteroatoms. The van der Waals surface area contributed by atoms with Crippen LogP contribution in [0.1, 0.15) is 5.56 Å². The number of rotatable bonds is 4. The lowest BCUT2D eigenvalue weighted by Crippen LogP contribution is -2.49. The first-order valence-corrected chi connectivity index (χ1v) is 8.42. The third kappa shape index (κ3) is 4.07. The molecule has 6 nitrogen and oxygen atoms in total. The first kappa shape index (κ1) is 18.0. The number of carbonyl (C=O) groups excluding carboxylic acids is 1. The maximum atomic E-state index is 13.7. The van der Waals surface area contributed by atoms with Gasteiger partial charge >= 0.3 is 0 Å². The van der Waals surface area contributed by atoms with Gasteiger partial charge in [0.1, 0.15) is 11.6 Å². The van der Waals surface area contributed by atoms with Crippen molar-refractivity contribution in [2.45, 2.75) is 6.42 Å². The maximum absolute atomic E-state index is 13.7. The Morgan fingerprint density at radius 3 is 2.38 bits per heavy atom. The molecule has 0 aliphatic carbocycles. The van der Waals surface area contributed by atoms with Crippen LogP contribution in [-0.2, 0) is 11.2 Å². The van der Waals surface area contributed by atoms with Gasteiger partial charge in [-0.25, -0.2) is 8.78 Å². The fourth-order valence-corrected chi connectivity index (χ4v) is 2.85. The van der Waals surface area contributed by atoms with E-state index in [2.05, 4.69) is 15.1 Å². The zero-order valence-corrected chi connectivity index (χ0v) is 14.8. The van der Waals surface area contributed by atoms with Gasteiger partial charge in [0, 0.05) is 46.3 Å². The number of nitrogens with zero attached hydrogens (tertiary/aromatic N) is 5. The first-order valence-electron chi connectivity index (χ1n) is 8.42. The highest BCUT2D eigenvalue weighted by molar-refractivity contribution is 5.79. The number of hydrogen-bond donors (Lipinski definition) is 0. The highest BCUT2D eigenvalue weighted by atomic mass is 19.1. The summed E-state index contributed by atoms with van der Waals surface area (Å²) in [7, 11) is 3.80. The van der Waals surface area contributed by atoms with Crippen molar-refractivity contribution < 1.29 is 13.6 Å². The van der Waals surface area contributed by atoms with E-state index in [4.69, 9.17) is 0 Å². The van der Waals surface area contributed by atoms with E-state index in [9.17, 15) is 13.6 Å². The Labute approximate surface area is 151 Å². The summed E-state index contributed by atoms with van der Waals surface area (Å²) in [5, 5.41) is 8.39.